The molecule has 0 bridgehead atoms. The third kappa shape index (κ3) is 2.54. The van der Waals surface area contributed by atoms with Crippen molar-refractivity contribution in [3.05, 3.63) is 64.0 Å². The van der Waals surface area contributed by atoms with Crippen molar-refractivity contribution in [2.24, 2.45) is 0 Å². The fraction of sp³-hybridized carbons (Fsp3) is 0.211. The molecule has 2 nitrogen and oxygen atoms in total. The molecular formula is C19H17BrN2S. The van der Waals surface area contributed by atoms with Gasteiger partial charge in [-0.1, -0.05) is 28.1 Å². The SMILES string of the molecule is CSc1ccc2c(c1)CCc1nc(C)c(-c3cccc(Br)c3)n1-2. The zero-order chi connectivity index (χ0) is 16.0. The highest BCUT2D eigenvalue weighted by atomic mass is 79.9. The van der Waals surface area contributed by atoms with Crippen molar-refractivity contribution in [1.29, 1.82) is 0 Å². The minimum absolute atomic E-state index is 1.000. The van der Waals surface area contributed by atoms with Crippen LogP contribution < -0.4 is 0 Å². The Morgan fingerprint density at radius 2 is 2.00 bits per heavy atom. The molecular weight excluding hydrogens is 368 g/mol. The summed E-state index contributed by atoms with van der Waals surface area (Å²) in [6.07, 6.45) is 4.20. The summed E-state index contributed by atoms with van der Waals surface area (Å²) in [5.41, 5.74) is 6.20. The number of hydrogen-bond acceptors (Lipinski definition) is 2. The zero-order valence-electron chi connectivity index (χ0n) is 13.1. The number of benzene rings is 2. The van der Waals surface area contributed by atoms with E-state index in [0.717, 1.165) is 23.0 Å². The Morgan fingerprint density at radius 1 is 1.13 bits per heavy atom. The van der Waals surface area contributed by atoms with E-state index < -0.39 is 0 Å². The Kier molecular flexibility index (Phi) is 3.82. The van der Waals surface area contributed by atoms with Crippen molar-refractivity contribution in [3.63, 3.8) is 0 Å². The number of imidazole rings is 1. The summed E-state index contributed by atoms with van der Waals surface area (Å²) in [5, 5.41) is 0. The zero-order valence-corrected chi connectivity index (χ0v) is 15.5. The van der Waals surface area contributed by atoms with Crippen molar-refractivity contribution in [2.45, 2.75) is 24.7 Å². The van der Waals surface area contributed by atoms with Gasteiger partial charge in [-0.3, -0.25) is 4.57 Å². The fourth-order valence-electron chi connectivity index (χ4n) is 3.34. The third-order valence-corrected chi connectivity index (χ3v) is 5.58. The van der Waals surface area contributed by atoms with Gasteiger partial charge in [0, 0.05) is 21.4 Å². The second-order valence-corrected chi connectivity index (χ2v) is 7.60. The van der Waals surface area contributed by atoms with Crippen LogP contribution in [0.2, 0.25) is 0 Å². The molecule has 1 aromatic heterocycles. The van der Waals surface area contributed by atoms with Gasteiger partial charge < -0.3 is 0 Å². The molecule has 23 heavy (non-hydrogen) atoms. The maximum absolute atomic E-state index is 4.84. The van der Waals surface area contributed by atoms with Crippen molar-refractivity contribution < 1.29 is 0 Å². The lowest BCUT2D eigenvalue weighted by Crippen LogP contribution is -2.13. The van der Waals surface area contributed by atoms with Crippen molar-refractivity contribution in [3.8, 4) is 16.9 Å². The van der Waals surface area contributed by atoms with Gasteiger partial charge in [0.05, 0.1) is 17.1 Å². The summed E-state index contributed by atoms with van der Waals surface area (Å²) < 4.78 is 3.44. The molecule has 116 valence electrons. The van der Waals surface area contributed by atoms with E-state index in [4.69, 9.17) is 4.98 Å². The molecule has 0 saturated heterocycles. The van der Waals surface area contributed by atoms with Crippen molar-refractivity contribution >= 4 is 27.7 Å². The van der Waals surface area contributed by atoms with E-state index in [0.29, 0.717) is 0 Å². The van der Waals surface area contributed by atoms with Gasteiger partial charge in [-0.05, 0) is 55.5 Å². The Balaban J connectivity index is 1.96. The molecule has 2 heterocycles. The predicted octanol–water partition coefficient (Wildman–Crippen LogP) is 5.43. The number of hydrogen-bond donors (Lipinski definition) is 0. The van der Waals surface area contributed by atoms with Gasteiger partial charge >= 0.3 is 0 Å². The molecule has 0 radical (unpaired) electrons. The van der Waals surface area contributed by atoms with Crippen molar-refractivity contribution in [1.82, 2.24) is 9.55 Å². The molecule has 2 aromatic carbocycles. The van der Waals surface area contributed by atoms with Crippen LogP contribution in [0.5, 0.6) is 0 Å². The van der Waals surface area contributed by atoms with E-state index in [9.17, 15) is 0 Å². The minimum atomic E-state index is 1.000. The summed E-state index contributed by atoms with van der Waals surface area (Å²) in [6, 6.07) is 15.2. The summed E-state index contributed by atoms with van der Waals surface area (Å²) in [7, 11) is 0. The van der Waals surface area contributed by atoms with E-state index in [-0.39, 0.29) is 0 Å². The maximum atomic E-state index is 4.84. The summed E-state index contributed by atoms with van der Waals surface area (Å²) in [5.74, 6) is 1.17. The number of nitrogens with zero attached hydrogens (tertiary/aromatic N) is 2. The quantitative estimate of drug-likeness (QED) is 0.548. The van der Waals surface area contributed by atoms with Crippen LogP contribution in [0, 0.1) is 6.92 Å². The van der Waals surface area contributed by atoms with Gasteiger partial charge in [-0.25, -0.2) is 4.98 Å². The first-order chi connectivity index (χ1) is 11.2. The molecule has 1 aliphatic heterocycles. The average Bonchev–Trinajstić information content (AvgIpc) is 2.90. The molecule has 0 unspecified atom stereocenters. The van der Waals surface area contributed by atoms with Crippen LogP contribution in [0.4, 0.5) is 0 Å². The normalized spacial score (nSPS) is 12.8. The average molecular weight is 385 g/mol. The van der Waals surface area contributed by atoms with E-state index >= 15 is 0 Å². The second-order valence-electron chi connectivity index (χ2n) is 5.80. The first kappa shape index (κ1) is 15.0. The van der Waals surface area contributed by atoms with Crippen LogP contribution in [0.3, 0.4) is 0 Å². The Bertz CT molecular complexity index is 898. The highest BCUT2D eigenvalue weighted by molar-refractivity contribution is 9.10. The van der Waals surface area contributed by atoms with Crippen LogP contribution in [0.25, 0.3) is 16.9 Å². The number of fused-ring (bicyclic) bond motifs is 3. The Hall–Kier alpha value is -1.52. The number of halogens is 1. The van der Waals surface area contributed by atoms with Crippen LogP contribution in [0.1, 0.15) is 17.1 Å². The number of aromatic nitrogens is 2. The Labute approximate surface area is 149 Å². The van der Waals surface area contributed by atoms with E-state index in [2.05, 4.69) is 76.1 Å². The van der Waals surface area contributed by atoms with Gasteiger partial charge in [0.2, 0.25) is 0 Å². The Morgan fingerprint density at radius 3 is 2.78 bits per heavy atom. The van der Waals surface area contributed by atoms with Gasteiger partial charge in [0.15, 0.2) is 0 Å². The first-order valence-electron chi connectivity index (χ1n) is 7.69. The summed E-state index contributed by atoms with van der Waals surface area (Å²) >= 11 is 5.39. The molecule has 0 aliphatic carbocycles. The standard InChI is InChI=1S/C19H17BrN2S/c1-12-19(14-4-3-5-15(20)10-14)22-17-8-7-16(23-2)11-13(17)6-9-18(22)21-12/h3-5,7-8,10-11H,6,9H2,1-2H3. The molecule has 0 amide bonds. The molecule has 1 aliphatic rings. The van der Waals surface area contributed by atoms with Crippen LogP contribution >= 0.6 is 27.7 Å². The monoisotopic (exact) mass is 384 g/mol. The molecule has 0 saturated carbocycles. The first-order valence-corrected chi connectivity index (χ1v) is 9.70. The van der Waals surface area contributed by atoms with Gasteiger partial charge in [0.25, 0.3) is 0 Å². The molecule has 0 N–H and O–H groups in total. The van der Waals surface area contributed by atoms with Crippen molar-refractivity contribution in [2.75, 3.05) is 6.26 Å². The smallest absolute Gasteiger partial charge is 0.114 e. The highest BCUT2D eigenvalue weighted by Crippen LogP contribution is 2.35. The van der Waals surface area contributed by atoms with Gasteiger partial charge in [0.1, 0.15) is 5.82 Å². The lowest BCUT2D eigenvalue weighted by molar-refractivity contribution is 0.777. The molecule has 0 spiro atoms. The molecule has 0 fully saturated rings. The van der Waals surface area contributed by atoms with Crippen LogP contribution in [-0.4, -0.2) is 15.8 Å². The second kappa shape index (κ2) is 5.84. The topological polar surface area (TPSA) is 17.8 Å². The fourth-order valence-corrected chi connectivity index (χ4v) is 4.21. The lowest BCUT2D eigenvalue weighted by atomic mass is 10.0. The van der Waals surface area contributed by atoms with Gasteiger partial charge in [-0.2, -0.15) is 0 Å². The van der Waals surface area contributed by atoms with Crippen LogP contribution in [-0.2, 0) is 12.8 Å². The molecule has 4 rings (SSSR count). The van der Waals surface area contributed by atoms with E-state index in [1.807, 2.05) is 0 Å². The molecule has 0 atom stereocenters. The lowest BCUT2D eigenvalue weighted by Gasteiger charge is -2.21. The highest BCUT2D eigenvalue weighted by Gasteiger charge is 2.23. The van der Waals surface area contributed by atoms with Crippen LogP contribution in [0.15, 0.2) is 51.8 Å². The number of thioether (sulfide) groups is 1. The van der Waals surface area contributed by atoms with E-state index in [1.165, 1.54) is 33.2 Å². The van der Waals surface area contributed by atoms with Gasteiger partial charge in [-0.15, -0.1) is 11.8 Å². The summed E-state index contributed by atoms with van der Waals surface area (Å²) in [6.45, 7) is 2.11. The third-order valence-electron chi connectivity index (χ3n) is 4.36. The largest absolute Gasteiger partial charge is 0.296 e. The minimum Gasteiger partial charge on any atom is -0.296 e. The van der Waals surface area contributed by atoms with E-state index in [1.54, 1.807) is 11.8 Å². The molecule has 3 aromatic rings. The number of rotatable bonds is 2. The molecule has 4 heteroatoms. The maximum Gasteiger partial charge on any atom is 0.114 e. The summed E-state index contributed by atoms with van der Waals surface area (Å²) in [4.78, 5) is 6.17. The predicted molar refractivity (Wildman–Crippen MR) is 101 cm³/mol. The number of aryl methyl sites for hydroxylation is 3.